The first-order chi connectivity index (χ1) is 17.3. The van der Waals surface area contributed by atoms with Crippen LogP contribution in [0.2, 0.25) is 0 Å². The van der Waals surface area contributed by atoms with E-state index in [0.717, 1.165) is 37.8 Å². The molecule has 0 radical (unpaired) electrons. The molecule has 3 N–H and O–H groups in total. The molecule has 3 aromatic carbocycles. The van der Waals surface area contributed by atoms with Crippen molar-refractivity contribution in [2.24, 2.45) is 5.92 Å². The number of nitrogens with zero attached hydrogens (tertiary/aromatic N) is 1. The molecule has 0 bridgehead atoms. The molecule has 0 unspecified atom stereocenters. The molecule has 1 saturated heterocycles. The second kappa shape index (κ2) is 10.2. The van der Waals surface area contributed by atoms with E-state index in [-0.39, 0.29) is 17.5 Å². The Hall–Kier alpha value is -2.91. The first-order valence-electron chi connectivity index (χ1n) is 12.1. The Morgan fingerprint density at radius 1 is 1.06 bits per heavy atom. The molecule has 0 atom stereocenters. The molecule has 0 spiro atoms. The SMILES string of the molecule is CS(O)(O)NC(=O)c1cc(C2CC2)c(OCC2CN(C(c3ccccc3)c3ccccc3)C2)cc1F. The summed E-state index contributed by atoms with van der Waals surface area (Å²) in [6.07, 6.45) is 3.00. The maximum Gasteiger partial charge on any atom is 0.272 e. The summed E-state index contributed by atoms with van der Waals surface area (Å²) in [6, 6.07) is 23.8. The molecule has 6 nitrogen and oxygen atoms in total. The second-order valence-electron chi connectivity index (χ2n) is 9.76. The zero-order chi connectivity index (χ0) is 25.3. The summed E-state index contributed by atoms with van der Waals surface area (Å²) in [4.78, 5) is 14.8. The van der Waals surface area contributed by atoms with Crippen molar-refractivity contribution >= 4 is 16.7 Å². The first kappa shape index (κ1) is 24.8. The van der Waals surface area contributed by atoms with Crippen LogP contribution >= 0.6 is 10.8 Å². The molecule has 1 aliphatic heterocycles. The van der Waals surface area contributed by atoms with Gasteiger partial charge < -0.3 is 4.74 Å². The Balaban J connectivity index is 1.26. The highest BCUT2D eigenvalue weighted by Gasteiger charge is 2.35. The number of carbonyl (C=O) groups is 1. The van der Waals surface area contributed by atoms with Crippen molar-refractivity contribution in [2.45, 2.75) is 24.8 Å². The van der Waals surface area contributed by atoms with E-state index in [1.807, 2.05) is 12.1 Å². The van der Waals surface area contributed by atoms with Gasteiger partial charge in [0.1, 0.15) is 11.6 Å². The maximum absolute atomic E-state index is 14.8. The second-order valence-corrected chi connectivity index (χ2v) is 11.6. The van der Waals surface area contributed by atoms with E-state index in [1.54, 1.807) is 0 Å². The van der Waals surface area contributed by atoms with Crippen LogP contribution in [0.5, 0.6) is 5.75 Å². The van der Waals surface area contributed by atoms with Gasteiger partial charge in [-0.3, -0.25) is 23.5 Å². The molecule has 8 heteroatoms. The Kier molecular flexibility index (Phi) is 7.03. The normalized spacial score (nSPS) is 17.0. The van der Waals surface area contributed by atoms with E-state index in [9.17, 15) is 18.3 Å². The molecule has 190 valence electrons. The lowest BCUT2D eigenvalue weighted by molar-refractivity contribution is 0.0375. The zero-order valence-electron chi connectivity index (χ0n) is 20.1. The Bertz CT molecular complexity index is 1170. The lowest BCUT2D eigenvalue weighted by Crippen LogP contribution is -2.51. The van der Waals surface area contributed by atoms with E-state index >= 15 is 0 Å². The quantitative estimate of drug-likeness (QED) is 0.338. The fraction of sp³-hybridized carbons (Fsp3) is 0.321. The number of carbonyl (C=O) groups excluding carboxylic acids is 1. The van der Waals surface area contributed by atoms with Crippen molar-refractivity contribution in [1.29, 1.82) is 0 Å². The van der Waals surface area contributed by atoms with Crippen LogP contribution in [0.3, 0.4) is 0 Å². The van der Waals surface area contributed by atoms with Gasteiger partial charge in [0.2, 0.25) is 0 Å². The summed E-state index contributed by atoms with van der Waals surface area (Å²) in [6.45, 7) is 2.20. The third-order valence-electron chi connectivity index (χ3n) is 6.70. The largest absolute Gasteiger partial charge is 0.493 e. The molecule has 1 aliphatic carbocycles. The third kappa shape index (κ3) is 5.73. The maximum atomic E-state index is 14.8. The predicted octanol–water partition coefficient (Wildman–Crippen LogP) is 5.83. The lowest BCUT2D eigenvalue weighted by Gasteiger charge is -2.44. The van der Waals surface area contributed by atoms with Crippen LogP contribution < -0.4 is 9.46 Å². The van der Waals surface area contributed by atoms with Gasteiger partial charge in [-0.2, -0.15) is 0 Å². The monoisotopic (exact) mass is 510 g/mol. The Morgan fingerprint density at radius 3 is 2.17 bits per heavy atom. The van der Waals surface area contributed by atoms with E-state index in [0.29, 0.717) is 18.3 Å². The summed E-state index contributed by atoms with van der Waals surface area (Å²) in [5.41, 5.74) is 3.10. The fourth-order valence-electron chi connectivity index (χ4n) is 4.83. The summed E-state index contributed by atoms with van der Waals surface area (Å²) in [7, 11) is -3.29. The number of likely N-dealkylation sites (tertiary alicyclic amines) is 1. The van der Waals surface area contributed by atoms with Crippen molar-refractivity contribution < 1.29 is 23.0 Å². The van der Waals surface area contributed by atoms with Crippen molar-refractivity contribution in [3.63, 3.8) is 0 Å². The minimum absolute atomic E-state index is 0.173. The molecule has 36 heavy (non-hydrogen) atoms. The topological polar surface area (TPSA) is 82.0 Å². The van der Waals surface area contributed by atoms with Crippen LogP contribution in [0.4, 0.5) is 4.39 Å². The Morgan fingerprint density at radius 2 is 1.64 bits per heavy atom. The van der Waals surface area contributed by atoms with Gasteiger partial charge in [-0.05, 0) is 41.5 Å². The summed E-state index contributed by atoms with van der Waals surface area (Å²) >= 11 is 0. The fourth-order valence-corrected chi connectivity index (χ4v) is 5.29. The number of hydrogen-bond acceptors (Lipinski definition) is 5. The van der Waals surface area contributed by atoms with Gasteiger partial charge in [-0.15, -0.1) is 10.8 Å². The van der Waals surface area contributed by atoms with Crippen molar-refractivity contribution in [1.82, 2.24) is 9.62 Å². The van der Waals surface area contributed by atoms with Crippen molar-refractivity contribution in [3.8, 4) is 5.75 Å². The summed E-state index contributed by atoms with van der Waals surface area (Å²) in [5.74, 6) is -0.570. The number of benzene rings is 3. The molecule has 0 aromatic heterocycles. The number of ether oxygens (including phenoxy) is 1. The molecule has 3 aromatic rings. The van der Waals surface area contributed by atoms with Crippen LogP contribution in [-0.4, -0.2) is 45.9 Å². The van der Waals surface area contributed by atoms with Crippen LogP contribution in [-0.2, 0) is 0 Å². The molecule has 2 fully saturated rings. The highest BCUT2D eigenvalue weighted by molar-refractivity contribution is 8.22. The minimum atomic E-state index is -3.29. The number of amides is 1. The number of hydrogen-bond donors (Lipinski definition) is 3. The van der Waals surface area contributed by atoms with Gasteiger partial charge in [0.05, 0.1) is 18.2 Å². The van der Waals surface area contributed by atoms with Crippen molar-refractivity contribution in [3.05, 3.63) is 101 Å². The summed E-state index contributed by atoms with van der Waals surface area (Å²) in [5, 5.41) is 0. The van der Waals surface area contributed by atoms with Gasteiger partial charge in [0, 0.05) is 31.3 Å². The molecular formula is C28H31FN2O4S. The van der Waals surface area contributed by atoms with Gasteiger partial charge in [-0.25, -0.2) is 4.39 Å². The number of halogens is 1. The first-order valence-corrected chi connectivity index (χ1v) is 14.1. The van der Waals surface area contributed by atoms with Crippen LogP contribution in [0.1, 0.15) is 51.8 Å². The molecular weight excluding hydrogens is 479 g/mol. The highest BCUT2D eigenvalue weighted by atomic mass is 32.3. The number of rotatable bonds is 9. The van der Waals surface area contributed by atoms with E-state index in [2.05, 4.69) is 58.2 Å². The average Bonchev–Trinajstić information content (AvgIpc) is 3.66. The summed E-state index contributed by atoms with van der Waals surface area (Å²) < 4.78 is 42.0. The zero-order valence-corrected chi connectivity index (χ0v) is 21.0. The van der Waals surface area contributed by atoms with Crippen LogP contribution in [0.15, 0.2) is 72.8 Å². The van der Waals surface area contributed by atoms with Gasteiger partial charge in [0.15, 0.2) is 0 Å². The van der Waals surface area contributed by atoms with Crippen LogP contribution in [0.25, 0.3) is 0 Å². The number of nitrogens with one attached hydrogen (secondary N) is 1. The minimum Gasteiger partial charge on any atom is -0.493 e. The highest BCUT2D eigenvalue weighted by Crippen LogP contribution is 2.45. The van der Waals surface area contributed by atoms with E-state index < -0.39 is 22.5 Å². The van der Waals surface area contributed by atoms with E-state index in [4.69, 9.17) is 4.74 Å². The molecule has 5 rings (SSSR count). The molecule has 1 heterocycles. The molecule has 1 amide bonds. The van der Waals surface area contributed by atoms with Crippen molar-refractivity contribution in [2.75, 3.05) is 26.0 Å². The lowest BCUT2D eigenvalue weighted by atomic mass is 9.90. The molecule has 1 saturated carbocycles. The van der Waals surface area contributed by atoms with Gasteiger partial charge in [0.25, 0.3) is 5.91 Å². The third-order valence-corrected chi connectivity index (χ3v) is 7.28. The standard InChI is InChI=1S/C28H31FN2O4S/c1-36(33,34)30-28(32)24-14-23(20-12-13-20)26(15-25(24)29)35-18-19-16-31(17-19)27(21-8-4-2-5-9-21)22-10-6-3-7-11-22/h2-11,14-15,19-20,27,33-34H,12-13,16-18H2,1H3,(H,30,32). The van der Waals surface area contributed by atoms with Gasteiger partial charge >= 0.3 is 0 Å². The predicted molar refractivity (Wildman–Crippen MR) is 140 cm³/mol. The van der Waals surface area contributed by atoms with Crippen LogP contribution in [0, 0.1) is 11.7 Å². The Labute approximate surface area is 212 Å². The van der Waals surface area contributed by atoms with E-state index in [1.165, 1.54) is 23.3 Å². The smallest absolute Gasteiger partial charge is 0.272 e. The average molecular weight is 511 g/mol. The molecule has 2 aliphatic rings. The van der Waals surface area contributed by atoms with Gasteiger partial charge in [-0.1, -0.05) is 60.7 Å².